The number of amides is 2. The SMILES string of the molecule is CC(C)c1ccc(C(=O)N2CCN(CC(=O)NCC3(c4ccccc4)CCOCC3)CC2)cc1. The average Bonchev–Trinajstić information content (AvgIpc) is 2.89. The quantitative estimate of drug-likeness (QED) is 0.683. The van der Waals surface area contributed by atoms with E-state index in [1.807, 2.05) is 35.2 Å². The van der Waals surface area contributed by atoms with E-state index in [0.717, 1.165) is 31.6 Å². The molecule has 2 aromatic rings. The Morgan fingerprint density at radius 2 is 1.59 bits per heavy atom. The molecule has 6 heteroatoms. The predicted molar refractivity (Wildman–Crippen MR) is 134 cm³/mol. The van der Waals surface area contributed by atoms with Crippen molar-refractivity contribution in [1.82, 2.24) is 15.1 Å². The van der Waals surface area contributed by atoms with Crippen molar-refractivity contribution in [2.75, 3.05) is 52.5 Å². The van der Waals surface area contributed by atoms with Crippen molar-refractivity contribution >= 4 is 11.8 Å². The van der Waals surface area contributed by atoms with E-state index in [9.17, 15) is 9.59 Å². The number of benzene rings is 2. The third-order valence-corrected chi connectivity index (χ3v) is 7.31. The Bertz CT molecular complexity index is 945. The topological polar surface area (TPSA) is 61.9 Å². The summed E-state index contributed by atoms with van der Waals surface area (Å²) in [5, 5.41) is 3.20. The second-order valence-corrected chi connectivity index (χ2v) is 9.88. The van der Waals surface area contributed by atoms with E-state index >= 15 is 0 Å². The zero-order valence-corrected chi connectivity index (χ0v) is 20.5. The molecule has 2 aliphatic heterocycles. The Morgan fingerprint density at radius 1 is 0.941 bits per heavy atom. The van der Waals surface area contributed by atoms with Gasteiger partial charge in [0.25, 0.3) is 5.91 Å². The van der Waals surface area contributed by atoms with Crippen LogP contribution in [0.2, 0.25) is 0 Å². The number of nitrogens with one attached hydrogen (secondary N) is 1. The minimum atomic E-state index is -0.0641. The van der Waals surface area contributed by atoms with Crippen LogP contribution in [0.5, 0.6) is 0 Å². The molecule has 2 fully saturated rings. The summed E-state index contributed by atoms with van der Waals surface area (Å²) in [6.45, 7) is 9.45. The van der Waals surface area contributed by atoms with Crippen LogP contribution >= 0.6 is 0 Å². The number of hydrogen-bond donors (Lipinski definition) is 1. The van der Waals surface area contributed by atoms with Crippen LogP contribution in [0.1, 0.15) is 54.1 Å². The normalized spacial score (nSPS) is 18.6. The average molecular weight is 464 g/mol. The molecule has 0 saturated carbocycles. The molecule has 0 aromatic heterocycles. The van der Waals surface area contributed by atoms with Crippen molar-refractivity contribution in [2.45, 2.75) is 38.0 Å². The highest BCUT2D eigenvalue weighted by atomic mass is 16.5. The van der Waals surface area contributed by atoms with Gasteiger partial charge in [-0.3, -0.25) is 14.5 Å². The second-order valence-electron chi connectivity index (χ2n) is 9.88. The number of nitrogens with zero attached hydrogens (tertiary/aromatic N) is 2. The molecule has 2 aliphatic rings. The first-order chi connectivity index (χ1) is 16.5. The number of piperazine rings is 1. The van der Waals surface area contributed by atoms with Gasteiger partial charge in [-0.05, 0) is 42.0 Å². The van der Waals surface area contributed by atoms with Gasteiger partial charge in [-0.1, -0.05) is 56.3 Å². The van der Waals surface area contributed by atoms with Gasteiger partial charge >= 0.3 is 0 Å². The summed E-state index contributed by atoms with van der Waals surface area (Å²) in [6, 6.07) is 18.4. The standard InChI is InChI=1S/C28H37N3O3/c1-22(2)23-8-10-24(11-9-23)27(33)31-16-14-30(15-17-31)20-26(32)29-21-28(12-18-34-19-13-28)25-6-4-3-5-7-25/h3-11,22H,12-21H2,1-2H3,(H,29,32). The molecule has 4 rings (SSSR count). The molecule has 0 unspecified atom stereocenters. The summed E-state index contributed by atoms with van der Waals surface area (Å²) in [7, 11) is 0. The fraction of sp³-hybridized carbons (Fsp3) is 0.500. The molecule has 2 heterocycles. The lowest BCUT2D eigenvalue weighted by Crippen LogP contribution is -2.52. The van der Waals surface area contributed by atoms with Gasteiger partial charge in [0, 0.05) is 56.9 Å². The monoisotopic (exact) mass is 463 g/mol. The molecule has 6 nitrogen and oxygen atoms in total. The highest BCUT2D eigenvalue weighted by molar-refractivity contribution is 5.94. The highest BCUT2D eigenvalue weighted by Crippen LogP contribution is 2.34. The van der Waals surface area contributed by atoms with Crippen molar-refractivity contribution < 1.29 is 14.3 Å². The molecular formula is C28H37N3O3. The van der Waals surface area contributed by atoms with E-state index in [1.165, 1.54) is 11.1 Å². The van der Waals surface area contributed by atoms with Crippen molar-refractivity contribution in [1.29, 1.82) is 0 Å². The number of ether oxygens (including phenoxy) is 1. The van der Waals surface area contributed by atoms with Crippen LogP contribution in [-0.4, -0.2) is 74.1 Å². The summed E-state index contributed by atoms with van der Waals surface area (Å²) in [6.07, 6.45) is 1.83. The first kappa shape index (κ1) is 24.4. The molecule has 34 heavy (non-hydrogen) atoms. The number of carbonyl (C=O) groups excluding carboxylic acids is 2. The van der Waals surface area contributed by atoms with Crippen molar-refractivity contribution in [3.8, 4) is 0 Å². The Labute approximate surface area is 203 Å². The van der Waals surface area contributed by atoms with Crippen LogP contribution in [0.15, 0.2) is 54.6 Å². The first-order valence-electron chi connectivity index (χ1n) is 12.5. The van der Waals surface area contributed by atoms with Gasteiger partial charge in [-0.15, -0.1) is 0 Å². The lowest BCUT2D eigenvalue weighted by Gasteiger charge is -2.38. The molecule has 2 aromatic carbocycles. The molecule has 0 atom stereocenters. The molecule has 2 saturated heterocycles. The minimum Gasteiger partial charge on any atom is -0.381 e. The Kier molecular flexibility index (Phi) is 8.01. The number of hydrogen-bond acceptors (Lipinski definition) is 4. The third kappa shape index (κ3) is 5.86. The summed E-state index contributed by atoms with van der Waals surface area (Å²) in [5.41, 5.74) is 3.18. The van der Waals surface area contributed by atoms with E-state index in [1.54, 1.807) is 0 Å². The lowest BCUT2D eigenvalue weighted by molar-refractivity contribution is -0.123. The van der Waals surface area contributed by atoms with Gasteiger partial charge in [-0.2, -0.15) is 0 Å². The fourth-order valence-electron chi connectivity index (χ4n) is 4.95. The van der Waals surface area contributed by atoms with Crippen LogP contribution in [-0.2, 0) is 14.9 Å². The van der Waals surface area contributed by atoms with Crippen molar-refractivity contribution in [2.24, 2.45) is 0 Å². The molecule has 1 N–H and O–H groups in total. The van der Waals surface area contributed by atoms with Gasteiger partial charge in [0.2, 0.25) is 5.91 Å². The highest BCUT2D eigenvalue weighted by Gasteiger charge is 2.35. The zero-order chi connectivity index (χ0) is 24.0. The fourth-order valence-corrected chi connectivity index (χ4v) is 4.95. The maximum atomic E-state index is 12.9. The summed E-state index contributed by atoms with van der Waals surface area (Å²) >= 11 is 0. The molecular weight excluding hydrogens is 426 g/mol. The molecule has 0 spiro atoms. The van der Waals surface area contributed by atoms with E-state index < -0.39 is 0 Å². The molecule has 0 aliphatic carbocycles. The smallest absolute Gasteiger partial charge is 0.253 e. The molecule has 0 bridgehead atoms. The Morgan fingerprint density at radius 3 is 2.21 bits per heavy atom. The largest absolute Gasteiger partial charge is 0.381 e. The van der Waals surface area contributed by atoms with Gasteiger partial charge in [0.1, 0.15) is 0 Å². The van der Waals surface area contributed by atoms with E-state index in [0.29, 0.717) is 45.2 Å². The van der Waals surface area contributed by atoms with Crippen molar-refractivity contribution in [3.05, 3.63) is 71.3 Å². The summed E-state index contributed by atoms with van der Waals surface area (Å²) in [4.78, 5) is 29.7. The van der Waals surface area contributed by atoms with E-state index in [-0.39, 0.29) is 17.2 Å². The maximum absolute atomic E-state index is 12.9. The van der Waals surface area contributed by atoms with E-state index in [4.69, 9.17) is 4.74 Å². The van der Waals surface area contributed by atoms with Crippen LogP contribution in [0, 0.1) is 0 Å². The van der Waals surface area contributed by atoms with Crippen LogP contribution in [0.4, 0.5) is 0 Å². The maximum Gasteiger partial charge on any atom is 0.253 e. The minimum absolute atomic E-state index is 0.0471. The second kappa shape index (κ2) is 11.2. The summed E-state index contributed by atoms with van der Waals surface area (Å²) in [5.74, 6) is 0.572. The Balaban J connectivity index is 1.26. The predicted octanol–water partition coefficient (Wildman–Crippen LogP) is 3.43. The first-order valence-corrected chi connectivity index (χ1v) is 12.5. The molecule has 0 radical (unpaired) electrons. The Hall–Kier alpha value is -2.70. The molecule has 2 amide bonds. The number of carbonyl (C=O) groups is 2. The van der Waals surface area contributed by atoms with Crippen LogP contribution < -0.4 is 5.32 Å². The van der Waals surface area contributed by atoms with Gasteiger partial charge in [-0.25, -0.2) is 0 Å². The summed E-state index contributed by atoms with van der Waals surface area (Å²) < 4.78 is 5.60. The van der Waals surface area contributed by atoms with Gasteiger partial charge in [0.15, 0.2) is 0 Å². The van der Waals surface area contributed by atoms with Crippen molar-refractivity contribution in [3.63, 3.8) is 0 Å². The zero-order valence-electron chi connectivity index (χ0n) is 20.5. The van der Waals surface area contributed by atoms with Crippen LogP contribution in [0.25, 0.3) is 0 Å². The van der Waals surface area contributed by atoms with E-state index in [2.05, 4.69) is 48.3 Å². The van der Waals surface area contributed by atoms with Gasteiger partial charge < -0.3 is 15.0 Å². The lowest BCUT2D eigenvalue weighted by atomic mass is 9.74. The molecule has 182 valence electrons. The van der Waals surface area contributed by atoms with Crippen LogP contribution in [0.3, 0.4) is 0 Å². The number of rotatable bonds is 7. The third-order valence-electron chi connectivity index (χ3n) is 7.31. The van der Waals surface area contributed by atoms with Gasteiger partial charge in [0.05, 0.1) is 6.54 Å².